The van der Waals surface area contributed by atoms with Crippen molar-refractivity contribution in [2.45, 2.75) is 37.8 Å². The zero-order chi connectivity index (χ0) is 18.2. The number of fused-ring (bicyclic) bond motifs is 2. The van der Waals surface area contributed by atoms with Crippen LogP contribution in [0, 0.1) is 5.92 Å². The van der Waals surface area contributed by atoms with E-state index in [4.69, 9.17) is 9.72 Å². The number of anilines is 2. The zero-order valence-corrected chi connectivity index (χ0v) is 16.1. The average molecular weight is 388 g/mol. The van der Waals surface area contributed by atoms with Crippen LogP contribution in [-0.2, 0) is 9.53 Å². The summed E-state index contributed by atoms with van der Waals surface area (Å²) in [5, 5.41) is 4.13. The molecule has 144 valence electrons. The maximum Gasteiger partial charge on any atom is 0.243 e. The molecule has 0 radical (unpaired) electrons. The van der Waals surface area contributed by atoms with Gasteiger partial charge in [-0.05, 0) is 31.0 Å². The number of aromatic nitrogens is 1. The Balaban J connectivity index is 1.30. The van der Waals surface area contributed by atoms with Crippen molar-refractivity contribution in [2.24, 2.45) is 5.92 Å². The summed E-state index contributed by atoms with van der Waals surface area (Å²) in [7, 11) is 0. The van der Waals surface area contributed by atoms with E-state index >= 15 is 0 Å². The van der Waals surface area contributed by atoms with Crippen LogP contribution >= 0.6 is 11.3 Å². The van der Waals surface area contributed by atoms with Gasteiger partial charge in [0.1, 0.15) is 6.04 Å². The second kappa shape index (κ2) is 7.35. The van der Waals surface area contributed by atoms with Gasteiger partial charge in [-0.3, -0.25) is 10.2 Å². The molecule has 8 heteroatoms. The molecule has 3 heterocycles. The SMILES string of the molecule is O=C(Nc1ccc2nc(N3CCOCC3)sc2c1)C1NNC2CCCCC21. The van der Waals surface area contributed by atoms with E-state index < -0.39 is 0 Å². The van der Waals surface area contributed by atoms with E-state index in [2.05, 4.69) is 21.1 Å². The number of hydrogen-bond acceptors (Lipinski definition) is 7. The topological polar surface area (TPSA) is 78.5 Å². The normalized spacial score (nSPS) is 28.3. The molecule has 3 unspecified atom stereocenters. The molecule has 1 aliphatic carbocycles. The third-order valence-corrected chi connectivity index (χ3v) is 6.96. The van der Waals surface area contributed by atoms with Gasteiger partial charge in [0.25, 0.3) is 0 Å². The van der Waals surface area contributed by atoms with Crippen LogP contribution in [0.1, 0.15) is 25.7 Å². The van der Waals surface area contributed by atoms with Gasteiger partial charge in [-0.25, -0.2) is 10.4 Å². The zero-order valence-electron chi connectivity index (χ0n) is 15.2. The minimum Gasteiger partial charge on any atom is -0.378 e. The maximum atomic E-state index is 12.8. The molecule has 2 saturated heterocycles. The standard InChI is InChI=1S/C19H25N5O2S/c25-18(17-13-3-1-2-4-14(13)22-23-17)20-12-5-6-15-16(11-12)27-19(21-15)24-7-9-26-10-8-24/h5-6,11,13-14,17,22-23H,1-4,7-10H2,(H,20,25). The monoisotopic (exact) mass is 387 g/mol. The molecular weight excluding hydrogens is 362 g/mol. The Labute approximate surface area is 162 Å². The van der Waals surface area contributed by atoms with Gasteiger partial charge in [0, 0.05) is 30.7 Å². The number of hydrazine groups is 1. The molecule has 1 saturated carbocycles. The van der Waals surface area contributed by atoms with E-state index in [1.165, 1.54) is 12.8 Å². The molecule has 2 aliphatic heterocycles. The molecule has 3 atom stereocenters. The number of morpholine rings is 1. The Bertz CT molecular complexity index is 835. The van der Waals surface area contributed by atoms with Crippen LogP contribution in [-0.4, -0.2) is 49.3 Å². The fraction of sp³-hybridized carbons (Fsp3) is 0.579. The fourth-order valence-corrected chi connectivity index (χ4v) is 5.46. The largest absolute Gasteiger partial charge is 0.378 e. The van der Waals surface area contributed by atoms with E-state index in [0.29, 0.717) is 12.0 Å². The number of ether oxygens (including phenoxy) is 1. The van der Waals surface area contributed by atoms with Gasteiger partial charge in [-0.15, -0.1) is 0 Å². The van der Waals surface area contributed by atoms with Crippen molar-refractivity contribution < 1.29 is 9.53 Å². The van der Waals surface area contributed by atoms with Crippen molar-refractivity contribution in [1.29, 1.82) is 0 Å². The molecule has 3 fully saturated rings. The number of hydrogen-bond donors (Lipinski definition) is 3. The Hall–Kier alpha value is -1.74. The lowest BCUT2D eigenvalue weighted by Gasteiger charge is -2.26. The molecule has 2 aromatic rings. The quantitative estimate of drug-likeness (QED) is 0.749. The second-order valence-corrected chi connectivity index (χ2v) is 8.60. The number of carbonyl (C=O) groups excluding carboxylic acids is 1. The first-order valence-corrected chi connectivity index (χ1v) is 10.6. The molecular formula is C19H25N5O2S. The Morgan fingerprint density at radius 3 is 2.96 bits per heavy atom. The molecule has 1 aromatic carbocycles. The number of amides is 1. The molecule has 3 aliphatic rings. The number of nitrogens with one attached hydrogen (secondary N) is 3. The van der Waals surface area contributed by atoms with Gasteiger partial charge in [-0.2, -0.15) is 0 Å². The van der Waals surface area contributed by atoms with Crippen LogP contribution in [0.4, 0.5) is 10.8 Å². The van der Waals surface area contributed by atoms with Gasteiger partial charge in [-0.1, -0.05) is 24.2 Å². The minimum atomic E-state index is -0.156. The van der Waals surface area contributed by atoms with Crippen molar-refractivity contribution in [2.75, 3.05) is 36.5 Å². The molecule has 1 aromatic heterocycles. The summed E-state index contributed by atoms with van der Waals surface area (Å²) in [6.45, 7) is 3.27. The lowest BCUT2D eigenvalue weighted by molar-refractivity contribution is -0.118. The van der Waals surface area contributed by atoms with Gasteiger partial charge >= 0.3 is 0 Å². The molecule has 0 spiro atoms. The number of carbonyl (C=O) groups is 1. The molecule has 0 bridgehead atoms. The predicted octanol–water partition coefficient (Wildman–Crippen LogP) is 2.11. The average Bonchev–Trinajstić information content (AvgIpc) is 3.32. The number of nitrogens with zero attached hydrogens (tertiary/aromatic N) is 2. The van der Waals surface area contributed by atoms with Crippen LogP contribution in [0.25, 0.3) is 10.2 Å². The van der Waals surface area contributed by atoms with E-state index in [9.17, 15) is 4.79 Å². The van der Waals surface area contributed by atoms with Crippen LogP contribution in [0.5, 0.6) is 0 Å². The molecule has 3 N–H and O–H groups in total. The van der Waals surface area contributed by atoms with Crippen molar-refractivity contribution in [1.82, 2.24) is 15.8 Å². The van der Waals surface area contributed by atoms with E-state index in [-0.39, 0.29) is 11.9 Å². The predicted molar refractivity (Wildman–Crippen MR) is 107 cm³/mol. The summed E-state index contributed by atoms with van der Waals surface area (Å²) >= 11 is 1.68. The Morgan fingerprint density at radius 2 is 2.07 bits per heavy atom. The van der Waals surface area contributed by atoms with Crippen molar-refractivity contribution >= 4 is 38.3 Å². The molecule has 27 heavy (non-hydrogen) atoms. The second-order valence-electron chi connectivity index (χ2n) is 7.59. The molecule has 5 rings (SSSR count). The first-order chi connectivity index (χ1) is 13.3. The highest BCUT2D eigenvalue weighted by molar-refractivity contribution is 7.22. The summed E-state index contributed by atoms with van der Waals surface area (Å²) in [5.74, 6) is 0.438. The van der Waals surface area contributed by atoms with E-state index in [1.807, 2.05) is 18.2 Å². The van der Waals surface area contributed by atoms with Crippen LogP contribution in [0.3, 0.4) is 0 Å². The third kappa shape index (κ3) is 3.42. The molecule has 1 amide bonds. The maximum absolute atomic E-state index is 12.8. The van der Waals surface area contributed by atoms with Gasteiger partial charge < -0.3 is 15.0 Å². The highest BCUT2D eigenvalue weighted by Crippen LogP contribution is 2.33. The fourth-order valence-electron chi connectivity index (χ4n) is 4.40. The lowest BCUT2D eigenvalue weighted by atomic mass is 9.81. The van der Waals surface area contributed by atoms with Crippen molar-refractivity contribution in [3.05, 3.63) is 18.2 Å². The number of thiazole rings is 1. The summed E-state index contributed by atoms with van der Waals surface area (Å²) in [5.41, 5.74) is 8.34. The third-order valence-electron chi connectivity index (χ3n) is 5.88. The van der Waals surface area contributed by atoms with Gasteiger partial charge in [0.2, 0.25) is 5.91 Å². The smallest absolute Gasteiger partial charge is 0.243 e. The molecule has 7 nitrogen and oxygen atoms in total. The highest BCUT2D eigenvalue weighted by Gasteiger charge is 2.40. The summed E-state index contributed by atoms with van der Waals surface area (Å²) in [4.78, 5) is 19.8. The first-order valence-electron chi connectivity index (χ1n) is 9.83. The number of benzene rings is 1. The van der Waals surface area contributed by atoms with Gasteiger partial charge in [0.15, 0.2) is 5.13 Å². The summed E-state index contributed by atoms with van der Waals surface area (Å²) < 4.78 is 6.52. The highest BCUT2D eigenvalue weighted by atomic mass is 32.1. The Kier molecular flexibility index (Phi) is 4.73. The van der Waals surface area contributed by atoms with Crippen molar-refractivity contribution in [3.8, 4) is 0 Å². The van der Waals surface area contributed by atoms with E-state index in [1.54, 1.807) is 11.3 Å². The van der Waals surface area contributed by atoms with Crippen LogP contribution in [0.2, 0.25) is 0 Å². The van der Waals surface area contributed by atoms with Crippen LogP contribution in [0.15, 0.2) is 18.2 Å². The van der Waals surface area contributed by atoms with E-state index in [0.717, 1.165) is 60.2 Å². The summed E-state index contributed by atoms with van der Waals surface area (Å²) in [6.07, 6.45) is 4.72. The van der Waals surface area contributed by atoms with Gasteiger partial charge in [0.05, 0.1) is 23.4 Å². The minimum absolute atomic E-state index is 0.0502. The number of rotatable bonds is 3. The summed E-state index contributed by atoms with van der Waals surface area (Å²) in [6, 6.07) is 6.25. The Morgan fingerprint density at radius 1 is 1.22 bits per heavy atom. The lowest BCUT2D eigenvalue weighted by Crippen LogP contribution is -2.42. The van der Waals surface area contributed by atoms with Crippen LogP contribution < -0.4 is 21.1 Å². The first kappa shape index (κ1) is 17.4. The van der Waals surface area contributed by atoms with Crippen molar-refractivity contribution in [3.63, 3.8) is 0 Å².